The maximum absolute atomic E-state index is 8.56. The zero-order valence-corrected chi connectivity index (χ0v) is 12.0. The van der Waals surface area contributed by atoms with Crippen molar-refractivity contribution in [3.05, 3.63) is 0 Å². The molecular formula is CH12Ca2Mg2O3Si2+4. The van der Waals surface area contributed by atoms with Crippen LogP contribution in [0.25, 0.3) is 0 Å². The first kappa shape index (κ1) is 29.2. The molecule has 10 heavy (non-hydrogen) atoms. The van der Waals surface area contributed by atoms with Crippen LogP contribution in [-0.2, 0) is 0 Å². The minimum Gasteiger partial charge on any atom is 0.460 e. The van der Waals surface area contributed by atoms with E-state index in [1.807, 2.05) is 41.9 Å². The normalized spacial score (nSPS) is 4.20. The average Bonchev–Trinajstić information content (AvgIpc) is 1.75. The van der Waals surface area contributed by atoms with Gasteiger partial charge in [0.2, 0.25) is 0 Å². The van der Waals surface area contributed by atoms with E-state index in [1.54, 1.807) is 0 Å². The summed E-state index contributed by atoms with van der Waals surface area (Å²) in [6.07, 6.45) is -1.83. The molecule has 3 nitrogen and oxygen atoms in total. The Kier molecular flexibility index (Phi) is 113. The molecule has 0 heterocycles. The molecule has 0 aromatic heterocycles. The Morgan fingerprint density at radius 3 is 1.00 bits per heavy atom. The summed E-state index contributed by atoms with van der Waals surface area (Å²) >= 11 is 4.00. The van der Waals surface area contributed by atoms with Gasteiger partial charge in [-0.15, -0.1) is 0 Å². The van der Waals surface area contributed by atoms with Crippen LogP contribution in [0.1, 0.15) is 0 Å². The second kappa shape index (κ2) is 38.6. The van der Waals surface area contributed by atoms with Crippen molar-refractivity contribution >= 4 is 139 Å². The van der Waals surface area contributed by atoms with E-state index in [0.717, 1.165) is 0 Å². The predicted octanol–water partition coefficient (Wildman–Crippen LogP) is -4.74. The van der Waals surface area contributed by atoms with E-state index < -0.39 is 6.16 Å². The summed E-state index contributed by atoms with van der Waals surface area (Å²) in [6.45, 7) is 0. The van der Waals surface area contributed by atoms with E-state index in [-0.39, 0.29) is 75.5 Å². The molecule has 0 unspecified atom stereocenters. The molecule has 46 valence electrons. The van der Waals surface area contributed by atoms with Gasteiger partial charge in [-0.3, -0.25) is 0 Å². The monoisotopic (exact) mass is 256 g/mol. The second-order valence-electron chi connectivity index (χ2n) is 0.283. The molecule has 0 rings (SSSR count). The van der Waals surface area contributed by atoms with Crippen LogP contribution in [0, 0.1) is 0 Å². The molecule has 0 saturated carbocycles. The molecule has 14 radical (unpaired) electrons. The number of carboxylic acid groups (broad SMARTS) is 2. The van der Waals surface area contributed by atoms with Gasteiger partial charge in [-0.25, -0.2) is 4.79 Å². The van der Waals surface area contributed by atoms with Gasteiger partial charge in [0.25, 0.3) is 0 Å². The van der Waals surface area contributed by atoms with Crippen molar-refractivity contribution in [3.63, 3.8) is 0 Å². The molecule has 0 aromatic carbocycles. The zero-order valence-electron chi connectivity index (χ0n) is 5.22. The molecule has 2 N–H and O–H groups in total. The maximum atomic E-state index is 8.56. The van der Waals surface area contributed by atoms with Crippen LogP contribution in [0.15, 0.2) is 0 Å². The molecule has 0 aliphatic rings. The van der Waals surface area contributed by atoms with Crippen LogP contribution in [0.4, 0.5) is 4.79 Å². The third kappa shape index (κ3) is 96.4. The molecule has 0 aliphatic carbocycles. The van der Waals surface area contributed by atoms with Crippen molar-refractivity contribution in [1.82, 2.24) is 0 Å². The Morgan fingerprint density at radius 1 is 1.00 bits per heavy atom. The van der Waals surface area contributed by atoms with E-state index in [9.17, 15) is 0 Å². The molecular weight excluding hydrogens is 245 g/mol. The van der Waals surface area contributed by atoms with Crippen LogP contribution in [0.3, 0.4) is 0 Å². The summed E-state index contributed by atoms with van der Waals surface area (Å²) in [5.74, 6) is 0. The quantitative estimate of drug-likeness (QED) is 0.428. The minimum atomic E-state index is -1.83. The summed E-state index contributed by atoms with van der Waals surface area (Å²) < 4.78 is 0. The molecule has 9 heteroatoms. The van der Waals surface area contributed by atoms with E-state index >= 15 is 0 Å². The summed E-state index contributed by atoms with van der Waals surface area (Å²) in [4.78, 5) is 8.56. The van der Waals surface area contributed by atoms with Gasteiger partial charge in [-0.05, 0) is 0 Å². The SMILES string of the molecule is O=C(O)O.[CaH2].[CaH2].[Mg+2][SiH3].[Mg+2][SiH3]. The molecule has 0 bridgehead atoms. The van der Waals surface area contributed by atoms with Crippen LogP contribution in [-0.4, -0.2) is 149 Å². The van der Waals surface area contributed by atoms with Gasteiger partial charge in [-0.1, -0.05) is 0 Å². The van der Waals surface area contributed by atoms with E-state index in [4.69, 9.17) is 15.0 Å². The van der Waals surface area contributed by atoms with Gasteiger partial charge in [0.15, 0.2) is 0 Å². The fourth-order valence-electron chi connectivity index (χ4n) is 0. The molecule has 0 atom stereocenters. The van der Waals surface area contributed by atoms with Crippen molar-refractivity contribution in [2.75, 3.05) is 0 Å². The smallest absolute Gasteiger partial charge is 0.460 e. The molecule has 0 spiro atoms. The zero-order chi connectivity index (χ0) is 7.58. The number of rotatable bonds is 0. The standard InChI is InChI=1S/CH2O3.2Ca.2Mg.2H3Si.4H/c2-1(3)4;;;;;;;;;;/h(H2,2,3,4);;;;;2*1H3;;;;/q;;;2*+2;;;;;;. The maximum Gasteiger partial charge on any atom is 1.26 e. The largest absolute Gasteiger partial charge is 1.26 e. The molecule has 0 aromatic rings. The van der Waals surface area contributed by atoms with Gasteiger partial charge < -0.3 is 10.2 Å². The molecule has 0 fully saturated rings. The van der Waals surface area contributed by atoms with Crippen LogP contribution >= 0.6 is 0 Å². The molecule has 0 aliphatic heterocycles. The number of carbonyl (C=O) groups is 1. The van der Waals surface area contributed by atoms with Crippen molar-refractivity contribution in [2.24, 2.45) is 0 Å². The summed E-state index contributed by atoms with van der Waals surface area (Å²) in [7, 11) is 2.67. The molecule has 0 saturated heterocycles. The first-order chi connectivity index (χ1) is 3.73. The number of hydrogen-bond donors (Lipinski definition) is 2. The Balaban J connectivity index is -0.0000000125. The van der Waals surface area contributed by atoms with E-state index in [0.29, 0.717) is 0 Å². The second-order valence-corrected chi connectivity index (χ2v) is 0.283. The van der Waals surface area contributed by atoms with Crippen LogP contribution in [0.5, 0.6) is 0 Å². The Labute approximate surface area is 150 Å². The van der Waals surface area contributed by atoms with Gasteiger partial charge in [0.1, 0.15) is 0 Å². The van der Waals surface area contributed by atoms with Crippen LogP contribution in [0.2, 0.25) is 0 Å². The van der Waals surface area contributed by atoms with Gasteiger partial charge in [-0.2, -0.15) is 0 Å². The molecule has 0 amide bonds. The topological polar surface area (TPSA) is 57.5 Å². The Morgan fingerprint density at radius 2 is 1.00 bits per heavy atom. The van der Waals surface area contributed by atoms with E-state index in [2.05, 4.69) is 0 Å². The Bertz CT molecular complexity index is 45.5. The van der Waals surface area contributed by atoms with Crippen molar-refractivity contribution in [1.29, 1.82) is 0 Å². The van der Waals surface area contributed by atoms with Gasteiger partial charge in [0.05, 0.1) is 0 Å². The fraction of sp³-hybridized carbons (Fsp3) is 0. The summed E-state index contributed by atoms with van der Waals surface area (Å²) in [5.41, 5.74) is 0. The summed E-state index contributed by atoms with van der Waals surface area (Å²) in [5, 5.41) is 13.9. The van der Waals surface area contributed by atoms with Crippen molar-refractivity contribution in [2.45, 2.75) is 0 Å². The first-order valence-corrected chi connectivity index (χ1v) is 13.4. The average molecular weight is 257 g/mol. The predicted molar refractivity (Wildman–Crippen MR) is 59.1 cm³/mol. The third-order valence-electron chi connectivity index (χ3n) is 0. The van der Waals surface area contributed by atoms with Gasteiger partial charge in [0, 0.05) is 0 Å². The Hall–Kier alpha value is 3.76. The van der Waals surface area contributed by atoms with Crippen molar-refractivity contribution < 1.29 is 15.0 Å². The minimum absolute atomic E-state index is 0. The fourth-order valence-corrected chi connectivity index (χ4v) is 0. The first-order valence-electron chi connectivity index (χ1n) is 2.07. The van der Waals surface area contributed by atoms with Gasteiger partial charge >= 0.3 is 139 Å². The van der Waals surface area contributed by atoms with Crippen molar-refractivity contribution in [3.8, 4) is 0 Å². The third-order valence-corrected chi connectivity index (χ3v) is 0. The number of hydrogen-bond acceptors (Lipinski definition) is 1. The van der Waals surface area contributed by atoms with E-state index in [1.165, 1.54) is 15.8 Å². The summed E-state index contributed by atoms with van der Waals surface area (Å²) in [6, 6.07) is 0. The van der Waals surface area contributed by atoms with Crippen LogP contribution < -0.4 is 0 Å².